The number of nitrogens with zero attached hydrogens (tertiary/aromatic N) is 4. The molecule has 1 fully saturated rings. The van der Waals surface area contributed by atoms with E-state index in [1.165, 1.54) is 23.8 Å². The number of anilines is 4. The van der Waals surface area contributed by atoms with Crippen LogP contribution < -0.4 is 20.4 Å². The van der Waals surface area contributed by atoms with E-state index in [1.54, 1.807) is 0 Å². The molecule has 3 aromatic rings. The number of hydrogen-bond donors (Lipinski definition) is 2. The Morgan fingerprint density at radius 2 is 1.81 bits per heavy atom. The molecule has 9 heteroatoms. The normalized spacial score (nSPS) is 18.1. The maximum Gasteiger partial charge on any atom is 0.227 e. The van der Waals surface area contributed by atoms with Crippen LogP contribution in [0, 0.1) is 11.6 Å². The van der Waals surface area contributed by atoms with Crippen molar-refractivity contribution in [2.45, 2.75) is 56.0 Å². The van der Waals surface area contributed by atoms with Crippen LogP contribution in [-0.2, 0) is 0 Å². The van der Waals surface area contributed by atoms with Gasteiger partial charge in [0.15, 0.2) is 5.82 Å². The van der Waals surface area contributed by atoms with Crippen molar-refractivity contribution in [2.24, 2.45) is 0 Å². The fourth-order valence-electron chi connectivity index (χ4n) is 5.03. The summed E-state index contributed by atoms with van der Waals surface area (Å²) in [5.41, 5.74) is 2.53. The number of nitrogens with one attached hydrogen (secondary N) is 2. The van der Waals surface area contributed by atoms with Gasteiger partial charge in [-0.3, -0.25) is 0 Å². The minimum atomic E-state index is -0.593. The van der Waals surface area contributed by atoms with Crippen LogP contribution in [0.15, 0.2) is 47.5 Å². The molecular formula is C27H32F2N6S. The highest BCUT2D eigenvalue weighted by atomic mass is 32.2. The molecule has 0 bridgehead atoms. The quantitative estimate of drug-likeness (QED) is 0.421. The van der Waals surface area contributed by atoms with Gasteiger partial charge in [0.1, 0.15) is 11.5 Å². The summed E-state index contributed by atoms with van der Waals surface area (Å²) >= 11 is 1.90. The predicted molar refractivity (Wildman–Crippen MR) is 144 cm³/mol. The minimum absolute atomic E-state index is 0.00635. The molecular weight excluding hydrogens is 478 g/mol. The summed E-state index contributed by atoms with van der Waals surface area (Å²) in [7, 11) is 1.87. The van der Waals surface area contributed by atoms with Crippen LogP contribution in [0.4, 0.5) is 31.8 Å². The Kier molecular flexibility index (Phi) is 7.03. The van der Waals surface area contributed by atoms with E-state index in [-0.39, 0.29) is 23.8 Å². The van der Waals surface area contributed by atoms with Gasteiger partial charge < -0.3 is 20.4 Å². The van der Waals surface area contributed by atoms with Gasteiger partial charge >= 0.3 is 0 Å². The number of aromatic nitrogens is 2. The van der Waals surface area contributed by atoms with Crippen molar-refractivity contribution < 1.29 is 8.78 Å². The zero-order valence-corrected chi connectivity index (χ0v) is 21.9. The van der Waals surface area contributed by atoms with Crippen LogP contribution in [-0.4, -0.2) is 47.6 Å². The molecule has 2 aliphatic rings. The Labute approximate surface area is 215 Å². The first kappa shape index (κ1) is 24.8. The second-order valence-electron chi connectivity index (χ2n) is 9.68. The topological polar surface area (TPSA) is 56.3 Å². The van der Waals surface area contributed by atoms with Crippen molar-refractivity contribution in [3.05, 3.63) is 54.2 Å². The molecule has 0 radical (unpaired) electrons. The lowest BCUT2D eigenvalue weighted by molar-refractivity contribution is 0.531. The first-order valence-corrected chi connectivity index (χ1v) is 13.3. The molecule has 36 heavy (non-hydrogen) atoms. The molecule has 0 saturated carbocycles. The lowest BCUT2D eigenvalue weighted by Gasteiger charge is -2.31. The molecule has 0 spiro atoms. The van der Waals surface area contributed by atoms with Crippen molar-refractivity contribution in [3.63, 3.8) is 0 Å². The fourth-order valence-corrected chi connectivity index (χ4v) is 6.18. The van der Waals surface area contributed by atoms with E-state index >= 15 is 4.39 Å². The molecule has 0 amide bonds. The van der Waals surface area contributed by atoms with Crippen LogP contribution in [0.2, 0.25) is 0 Å². The van der Waals surface area contributed by atoms with Crippen LogP contribution in [0.5, 0.6) is 0 Å². The first-order chi connectivity index (χ1) is 17.3. The molecule has 2 N–H and O–H groups in total. The molecule has 1 saturated heterocycles. The second-order valence-corrected chi connectivity index (χ2v) is 11.1. The summed E-state index contributed by atoms with van der Waals surface area (Å²) in [5, 5.41) is 7.19. The Balaban J connectivity index is 1.38. The SMILES string of the molecule is CC(C)N1c2cc(-c3nc(Nc4ccc(SC5CCNCC5)cc4)ncc3F)cc(F)c2N(C)C1C. The highest BCUT2D eigenvalue weighted by Crippen LogP contribution is 2.44. The molecule has 190 valence electrons. The highest BCUT2D eigenvalue weighted by Gasteiger charge is 2.35. The van der Waals surface area contributed by atoms with Crippen LogP contribution >= 0.6 is 11.8 Å². The van der Waals surface area contributed by atoms with Gasteiger partial charge in [0, 0.05) is 34.5 Å². The Bertz CT molecular complexity index is 1230. The Hall–Kier alpha value is -2.91. The molecule has 3 heterocycles. The van der Waals surface area contributed by atoms with Crippen LogP contribution in [0.3, 0.4) is 0 Å². The maximum atomic E-state index is 15.2. The summed E-state index contributed by atoms with van der Waals surface area (Å²) in [5.74, 6) is -0.726. The van der Waals surface area contributed by atoms with E-state index in [2.05, 4.69) is 51.5 Å². The van der Waals surface area contributed by atoms with E-state index in [4.69, 9.17) is 0 Å². The smallest absolute Gasteiger partial charge is 0.227 e. The van der Waals surface area contributed by atoms with E-state index in [0.717, 1.165) is 30.7 Å². The predicted octanol–water partition coefficient (Wildman–Crippen LogP) is 6.02. The monoisotopic (exact) mass is 510 g/mol. The largest absolute Gasteiger partial charge is 0.350 e. The van der Waals surface area contributed by atoms with Gasteiger partial charge in [0.2, 0.25) is 5.95 Å². The average molecular weight is 511 g/mol. The van der Waals surface area contributed by atoms with Gasteiger partial charge in [0.05, 0.1) is 23.7 Å². The van der Waals surface area contributed by atoms with Crippen molar-refractivity contribution in [2.75, 3.05) is 35.3 Å². The van der Waals surface area contributed by atoms with E-state index in [9.17, 15) is 4.39 Å². The molecule has 5 rings (SSSR count). The zero-order chi connectivity index (χ0) is 25.4. The Morgan fingerprint density at radius 1 is 1.08 bits per heavy atom. The molecule has 1 atom stereocenters. The average Bonchev–Trinajstić information content (AvgIpc) is 3.12. The molecule has 0 aliphatic carbocycles. The third-order valence-electron chi connectivity index (χ3n) is 6.91. The summed E-state index contributed by atoms with van der Waals surface area (Å²) in [6, 6.07) is 11.4. The maximum absolute atomic E-state index is 15.2. The van der Waals surface area contributed by atoms with Crippen molar-refractivity contribution in [1.82, 2.24) is 15.3 Å². The highest BCUT2D eigenvalue weighted by molar-refractivity contribution is 8.00. The van der Waals surface area contributed by atoms with Crippen LogP contribution in [0.25, 0.3) is 11.3 Å². The summed E-state index contributed by atoms with van der Waals surface area (Å²) in [4.78, 5) is 13.8. The van der Waals surface area contributed by atoms with Gasteiger partial charge in [-0.1, -0.05) is 0 Å². The minimum Gasteiger partial charge on any atom is -0.350 e. The first-order valence-electron chi connectivity index (χ1n) is 12.4. The number of halogens is 2. The molecule has 2 aliphatic heterocycles. The van der Waals surface area contributed by atoms with Crippen molar-refractivity contribution in [1.29, 1.82) is 0 Å². The molecule has 1 unspecified atom stereocenters. The number of thioether (sulfide) groups is 1. The lowest BCUT2D eigenvalue weighted by Crippen LogP contribution is -2.42. The van der Waals surface area contributed by atoms with Gasteiger partial charge in [-0.25, -0.2) is 18.7 Å². The number of benzene rings is 2. The number of piperidine rings is 1. The van der Waals surface area contributed by atoms with E-state index < -0.39 is 11.6 Å². The lowest BCUT2D eigenvalue weighted by atomic mass is 10.1. The summed E-state index contributed by atoms with van der Waals surface area (Å²) in [6.45, 7) is 8.30. The summed E-state index contributed by atoms with van der Waals surface area (Å²) in [6.07, 6.45) is 3.47. The standard InChI is InChI=1S/C27H32F2N6S/c1-16(2)35-17(3)34(4)26-22(28)13-18(14-24(26)35)25-23(29)15-31-27(33-25)32-19-5-7-20(8-6-19)36-21-9-11-30-12-10-21/h5-8,13-17,21,30H,9-12H2,1-4H3,(H,31,32,33). The van der Waals surface area contributed by atoms with Gasteiger partial charge in [-0.05, 0) is 83.1 Å². The number of fused-ring (bicyclic) bond motifs is 1. The fraction of sp³-hybridized carbons (Fsp3) is 0.407. The van der Waals surface area contributed by atoms with Gasteiger partial charge in [-0.2, -0.15) is 0 Å². The van der Waals surface area contributed by atoms with E-state index in [1.807, 2.05) is 48.8 Å². The van der Waals surface area contributed by atoms with Gasteiger partial charge in [-0.15, -0.1) is 11.8 Å². The Morgan fingerprint density at radius 3 is 2.50 bits per heavy atom. The van der Waals surface area contributed by atoms with Crippen molar-refractivity contribution in [3.8, 4) is 11.3 Å². The summed E-state index contributed by atoms with van der Waals surface area (Å²) < 4.78 is 30.1. The third-order valence-corrected chi connectivity index (χ3v) is 8.26. The second kappa shape index (κ2) is 10.2. The number of rotatable bonds is 6. The van der Waals surface area contributed by atoms with Crippen molar-refractivity contribution >= 4 is 34.8 Å². The zero-order valence-electron chi connectivity index (χ0n) is 21.1. The van der Waals surface area contributed by atoms with Gasteiger partial charge in [0.25, 0.3) is 0 Å². The van der Waals surface area contributed by atoms with E-state index in [0.29, 0.717) is 16.5 Å². The van der Waals surface area contributed by atoms with Crippen LogP contribution in [0.1, 0.15) is 33.6 Å². The number of hydrogen-bond acceptors (Lipinski definition) is 7. The molecule has 1 aromatic heterocycles. The third kappa shape index (κ3) is 4.86. The molecule has 6 nitrogen and oxygen atoms in total. The molecule has 2 aromatic carbocycles.